The van der Waals surface area contributed by atoms with Crippen LogP contribution < -0.4 is 9.62 Å². The molecular formula is C21H28N2O3S. The Bertz CT molecular complexity index is 903. The van der Waals surface area contributed by atoms with Crippen molar-refractivity contribution in [1.82, 2.24) is 5.32 Å². The quantitative estimate of drug-likeness (QED) is 0.790. The smallest absolute Gasteiger partial charge is 0.244 e. The number of sulfonamides is 1. The van der Waals surface area contributed by atoms with Crippen LogP contribution in [0.3, 0.4) is 0 Å². The summed E-state index contributed by atoms with van der Waals surface area (Å²) in [5.41, 5.74) is 4.52. The Morgan fingerprint density at radius 1 is 1.07 bits per heavy atom. The van der Waals surface area contributed by atoms with Crippen LogP contribution in [0, 0.1) is 20.8 Å². The first kappa shape index (κ1) is 21.0. The highest BCUT2D eigenvalue weighted by Gasteiger charge is 2.31. The molecule has 5 nitrogen and oxygen atoms in total. The number of carbonyl (C=O) groups is 1. The topological polar surface area (TPSA) is 66.5 Å². The molecule has 0 bridgehead atoms. The third kappa shape index (κ3) is 5.32. The van der Waals surface area contributed by atoms with Gasteiger partial charge in [-0.1, -0.05) is 37.3 Å². The number of nitrogens with zero attached hydrogens (tertiary/aromatic N) is 1. The lowest BCUT2D eigenvalue weighted by Crippen LogP contribution is -2.49. The average Bonchev–Trinajstić information content (AvgIpc) is 2.56. The van der Waals surface area contributed by atoms with Gasteiger partial charge in [0.2, 0.25) is 15.9 Å². The zero-order chi connectivity index (χ0) is 20.2. The number of anilines is 1. The Hall–Kier alpha value is -2.34. The van der Waals surface area contributed by atoms with Crippen molar-refractivity contribution in [3.63, 3.8) is 0 Å². The number of hydrogen-bond donors (Lipinski definition) is 1. The standard InChI is InChI=1S/C21H28N2O3S/c1-6-20(21(24)22-14-18-10-8-7-9-17(18)4)23(27(5,25)26)19-12-15(2)11-16(3)13-19/h7-13,20H,6,14H2,1-5H3,(H,22,24)/t20-/m0/s1. The van der Waals surface area contributed by atoms with Crippen LogP contribution in [0.15, 0.2) is 42.5 Å². The second-order valence-corrected chi connectivity index (χ2v) is 8.83. The van der Waals surface area contributed by atoms with Crippen molar-refractivity contribution in [3.8, 4) is 0 Å². The fourth-order valence-corrected chi connectivity index (χ4v) is 4.44. The van der Waals surface area contributed by atoms with Crippen molar-refractivity contribution >= 4 is 21.6 Å². The highest BCUT2D eigenvalue weighted by atomic mass is 32.2. The Morgan fingerprint density at radius 2 is 1.67 bits per heavy atom. The maximum atomic E-state index is 12.9. The molecule has 0 fully saturated rings. The molecule has 0 aliphatic rings. The summed E-state index contributed by atoms with van der Waals surface area (Å²) in [6.07, 6.45) is 1.52. The first-order valence-electron chi connectivity index (χ1n) is 9.03. The molecule has 1 atom stereocenters. The van der Waals surface area contributed by atoms with Gasteiger partial charge < -0.3 is 5.32 Å². The van der Waals surface area contributed by atoms with Gasteiger partial charge in [0, 0.05) is 6.54 Å². The number of aryl methyl sites for hydroxylation is 3. The fourth-order valence-electron chi connectivity index (χ4n) is 3.25. The third-order valence-electron chi connectivity index (χ3n) is 4.50. The van der Waals surface area contributed by atoms with Crippen molar-refractivity contribution in [2.24, 2.45) is 0 Å². The molecule has 0 heterocycles. The Morgan fingerprint density at radius 3 is 2.19 bits per heavy atom. The van der Waals surface area contributed by atoms with Crippen LogP contribution in [0.5, 0.6) is 0 Å². The van der Waals surface area contributed by atoms with Crippen LogP contribution in [0.25, 0.3) is 0 Å². The molecule has 0 aromatic heterocycles. The largest absolute Gasteiger partial charge is 0.350 e. The Labute approximate surface area is 162 Å². The van der Waals surface area contributed by atoms with Crippen LogP contribution in [-0.2, 0) is 21.4 Å². The Balaban J connectivity index is 2.32. The molecule has 0 aliphatic carbocycles. The van der Waals surface area contributed by atoms with Crippen LogP contribution in [0.2, 0.25) is 0 Å². The predicted molar refractivity (Wildman–Crippen MR) is 110 cm³/mol. The molecule has 1 N–H and O–H groups in total. The summed E-state index contributed by atoms with van der Waals surface area (Å²) < 4.78 is 26.3. The molecule has 0 aliphatic heterocycles. The van der Waals surface area contributed by atoms with Gasteiger partial charge in [0.25, 0.3) is 0 Å². The predicted octanol–water partition coefficient (Wildman–Crippen LogP) is 3.47. The summed E-state index contributed by atoms with van der Waals surface area (Å²) in [4.78, 5) is 12.9. The molecule has 1 amide bonds. The second kappa shape index (κ2) is 8.57. The van der Waals surface area contributed by atoms with Gasteiger partial charge in [-0.15, -0.1) is 0 Å². The van der Waals surface area contributed by atoms with E-state index >= 15 is 0 Å². The molecule has 0 saturated heterocycles. The van der Waals surface area contributed by atoms with E-state index in [1.165, 1.54) is 4.31 Å². The van der Waals surface area contributed by atoms with Crippen molar-refractivity contribution in [2.75, 3.05) is 10.6 Å². The van der Waals surface area contributed by atoms with E-state index in [-0.39, 0.29) is 5.91 Å². The molecule has 0 saturated carbocycles. The normalized spacial score (nSPS) is 12.5. The number of benzene rings is 2. The highest BCUT2D eigenvalue weighted by Crippen LogP contribution is 2.25. The molecule has 0 radical (unpaired) electrons. The lowest BCUT2D eigenvalue weighted by molar-refractivity contribution is -0.122. The van der Waals surface area contributed by atoms with Gasteiger partial charge in [-0.3, -0.25) is 9.10 Å². The number of nitrogens with one attached hydrogen (secondary N) is 1. The van der Waals surface area contributed by atoms with Crippen molar-refractivity contribution in [1.29, 1.82) is 0 Å². The van der Waals surface area contributed by atoms with Crippen LogP contribution in [0.1, 0.15) is 35.6 Å². The van der Waals surface area contributed by atoms with E-state index in [1.807, 2.05) is 58.0 Å². The molecule has 27 heavy (non-hydrogen) atoms. The van der Waals surface area contributed by atoms with Gasteiger partial charge in [-0.25, -0.2) is 8.42 Å². The maximum absolute atomic E-state index is 12.9. The summed E-state index contributed by atoms with van der Waals surface area (Å²) in [5.74, 6) is -0.301. The van der Waals surface area contributed by atoms with Crippen LogP contribution in [-0.4, -0.2) is 26.6 Å². The first-order valence-corrected chi connectivity index (χ1v) is 10.9. The van der Waals surface area contributed by atoms with E-state index in [4.69, 9.17) is 0 Å². The van der Waals surface area contributed by atoms with Crippen LogP contribution in [0.4, 0.5) is 5.69 Å². The highest BCUT2D eigenvalue weighted by molar-refractivity contribution is 7.92. The van der Waals surface area contributed by atoms with Crippen molar-refractivity contribution in [2.45, 2.75) is 46.7 Å². The number of rotatable bonds is 7. The third-order valence-corrected chi connectivity index (χ3v) is 5.68. The number of carbonyl (C=O) groups excluding carboxylic acids is 1. The van der Waals surface area contributed by atoms with E-state index in [2.05, 4.69) is 5.32 Å². The molecule has 146 valence electrons. The lowest BCUT2D eigenvalue weighted by Gasteiger charge is -2.30. The first-order chi connectivity index (χ1) is 12.6. The summed E-state index contributed by atoms with van der Waals surface area (Å²) in [6, 6.07) is 12.6. The monoisotopic (exact) mass is 388 g/mol. The number of hydrogen-bond acceptors (Lipinski definition) is 3. The lowest BCUT2D eigenvalue weighted by atomic mass is 10.1. The van der Waals surface area contributed by atoms with E-state index in [9.17, 15) is 13.2 Å². The van der Waals surface area contributed by atoms with E-state index in [1.54, 1.807) is 12.1 Å². The number of amides is 1. The summed E-state index contributed by atoms with van der Waals surface area (Å²) in [7, 11) is -3.63. The minimum Gasteiger partial charge on any atom is -0.350 e. The molecule has 6 heteroatoms. The van der Waals surface area contributed by atoms with Crippen molar-refractivity contribution in [3.05, 3.63) is 64.7 Å². The van der Waals surface area contributed by atoms with Gasteiger partial charge >= 0.3 is 0 Å². The van der Waals surface area contributed by atoms with E-state index < -0.39 is 16.1 Å². The molecular weight excluding hydrogens is 360 g/mol. The zero-order valence-corrected chi connectivity index (χ0v) is 17.4. The van der Waals surface area contributed by atoms with Gasteiger partial charge in [-0.2, -0.15) is 0 Å². The minimum absolute atomic E-state index is 0.301. The summed E-state index contributed by atoms with van der Waals surface area (Å²) >= 11 is 0. The molecule has 2 aromatic rings. The molecule has 2 rings (SSSR count). The zero-order valence-electron chi connectivity index (χ0n) is 16.6. The Kier molecular flexibility index (Phi) is 6.65. The molecule has 2 aromatic carbocycles. The average molecular weight is 389 g/mol. The SMILES string of the molecule is CC[C@@H](C(=O)NCc1ccccc1C)N(c1cc(C)cc(C)c1)S(C)(=O)=O. The van der Waals surface area contributed by atoms with Gasteiger partial charge in [0.15, 0.2) is 0 Å². The molecule has 0 unspecified atom stereocenters. The maximum Gasteiger partial charge on any atom is 0.244 e. The summed E-state index contributed by atoms with van der Waals surface area (Å²) in [5, 5.41) is 2.90. The van der Waals surface area contributed by atoms with E-state index in [0.29, 0.717) is 18.7 Å². The fraction of sp³-hybridized carbons (Fsp3) is 0.381. The van der Waals surface area contributed by atoms with Gasteiger partial charge in [-0.05, 0) is 61.6 Å². The van der Waals surface area contributed by atoms with Crippen LogP contribution >= 0.6 is 0 Å². The second-order valence-electron chi connectivity index (χ2n) is 6.97. The van der Waals surface area contributed by atoms with E-state index in [0.717, 1.165) is 28.5 Å². The van der Waals surface area contributed by atoms with Gasteiger partial charge in [0.05, 0.1) is 11.9 Å². The minimum atomic E-state index is -3.63. The molecule has 0 spiro atoms. The van der Waals surface area contributed by atoms with Gasteiger partial charge in [0.1, 0.15) is 6.04 Å². The van der Waals surface area contributed by atoms with Crippen molar-refractivity contribution < 1.29 is 13.2 Å². The summed E-state index contributed by atoms with van der Waals surface area (Å²) in [6.45, 7) is 7.99.